The lowest BCUT2D eigenvalue weighted by atomic mass is 10.1. The van der Waals surface area contributed by atoms with Crippen LogP contribution in [-0.4, -0.2) is 49.5 Å². The van der Waals surface area contributed by atoms with Crippen LogP contribution in [0.3, 0.4) is 0 Å². The molecule has 0 amide bonds. The van der Waals surface area contributed by atoms with E-state index in [0.29, 0.717) is 12.8 Å². The van der Waals surface area contributed by atoms with Gasteiger partial charge in [0.15, 0.2) is 0 Å². The molecule has 1 aliphatic heterocycles. The molecule has 9 heteroatoms. The molecular weight excluding hydrogens is 358 g/mol. The zero-order chi connectivity index (χ0) is 18.1. The molecule has 1 aromatic carbocycles. The minimum absolute atomic E-state index is 0.00411. The number of benzene rings is 1. The number of hydrogen-bond donors (Lipinski definition) is 1. The first-order chi connectivity index (χ1) is 11.2. The highest BCUT2D eigenvalue weighted by Gasteiger charge is 2.38. The van der Waals surface area contributed by atoms with Gasteiger partial charge in [0.2, 0.25) is 10.0 Å². The minimum Gasteiger partial charge on any atom is -0.480 e. The second-order valence-electron chi connectivity index (χ2n) is 5.54. The van der Waals surface area contributed by atoms with Crippen molar-refractivity contribution in [1.82, 2.24) is 4.31 Å². The zero-order valence-electron chi connectivity index (χ0n) is 13.3. The molecular formula is C15H18ClNO6S. The summed E-state index contributed by atoms with van der Waals surface area (Å²) in [6.45, 7) is 1.62. The highest BCUT2D eigenvalue weighted by molar-refractivity contribution is 7.89. The summed E-state index contributed by atoms with van der Waals surface area (Å²) in [5, 5.41) is 9.41. The summed E-state index contributed by atoms with van der Waals surface area (Å²) in [5.74, 6) is -1.91. The van der Waals surface area contributed by atoms with Crippen LogP contribution in [0.1, 0.15) is 35.2 Å². The molecule has 1 unspecified atom stereocenters. The molecule has 0 bridgehead atoms. The Morgan fingerprint density at radius 2 is 2.00 bits per heavy atom. The van der Waals surface area contributed by atoms with Gasteiger partial charge in [0.05, 0.1) is 17.6 Å². The first kappa shape index (κ1) is 18.7. The van der Waals surface area contributed by atoms with Crippen LogP contribution in [-0.2, 0) is 19.6 Å². The average molecular weight is 376 g/mol. The molecule has 0 aromatic heterocycles. The highest BCUT2D eigenvalue weighted by Crippen LogP contribution is 2.31. The molecule has 1 aliphatic rings. The van der Waals surface area contributed by atoms with E-state index in [2.05, 4.69) is 4.74 Å². The first-order valence-electron chi connectivity index (χ1n) is 7.33. The summed E-state index contributed by atoms with van der Waals surface area (Å²) in [5.41, 5.74) is 0.259. The molecule has 2 rings (SSSR count). The van der Waals surface area contributed by atoms with E-state index in [9.17, 15) is 23.1 Å². The van der Waals surface area contributed by atoms with Crippen LogP contribution in [0.25, 0.3) is 0 Å². The van der Waals surface area contributed by atoms with Crippen molar-refractivity contribution < 1.29 is 27.9 Å². The van der Waals surface area contributed by atoms with E-state index < -0.39 is 28.0 Å². The van der Waals surface area contributed by atoms with Gasteiger partial charge in [-0.05, 0) is 43.9 Å². The van der Waals surface area contributed by atoms with Crippen molar-refractivity contribution in [2.75, 3.05) is 13.7 Å². The Morgan fingerprint density at radius 1 is 1.33 bits per heavy atom. The topological polar surface area (TPSA) is 101 Å². The van der Waals surface area contributed by atoms with Gasteiger partial charge in [-0.3, -0.25) is 4.79 Å². The van der Waals surface area contributed by atoms with Crippen molar-refractivity contribution >= 4 is 33.6 Å². The van der Waals surface area contributed by atoms with E-state index in [4.69, 9.17) is 11.6 Å². The molecule has 24 heavy (non-hydrogen) atoms. The maximum atomic E-state index is 13.0. The van der Waals surface area contributed by atoms with Gasteiger partial charge >= 0.3 is 11.9 Å². The molecule has 0 spiro atoms. The van der Waals surface area contributed by atoms with E-state index in [-0.39, 0.29) is 34.0 Å². The molecule has 1 saturated heterocycles. The number of aliphatic carboxylic acids is 1. The van der Waals surface area contributed by atoms with Crippen molar-refractivity contribution in [3.63, 3.8) is 0 Å². The molecule has 0 aliphatic carbocycles. The van der Waals surface area contributed by atoms with Crippen LogP contribution in [0.2, 0.25) is 5.02 Å². The van der Waals surface area contributed by atoms with Crippen LogP contribution >= 0.6 is 11.6 Å². The normalized spacial score (nSPS) is 19.0. The van der Waals surface area contributed by atoms with Gasteiger partial charge in [-0.2, -0.15) is 4.31 Å². The molecule has 1 atom stereocenters. The Bertz CT molecular complexity index is 776. The second kappa shape index (κ2) is 7.08. The van der Waals surface area contributed by atoms with Crippen LogP contribution in [0.15, 0.2) is 17.0 Å². The molecule has 0 radical (unpaired) electrons. The summed E-state index contributed by atoms with van der Waals surface area (Å²) in [6.07, 6.45) is 1.47. The predicted molar refractivity (Wildman–Crippen MR) is 86.7 cm³/mol. The third-order valence-electron chi connectivity index (χ3n) is 4.04. The first-order valence-corrected chi connectivity index (χ1v) is 9.15. The number of carboxylic acids is 1. The van der Waals surface area contributed by atoms with E-state index in [1.165, 1.54) is 26.2 Å². The van der Waals surface area contributed by atoms with Crippen molar-refractivity contribution in [3.05, 3.63) is 28.3 Å². The highest BCUT2D eigenvalue weighted by atomic mass is 35.5. The lowest BCUT2D eigenvalue weighted by Gasteiger charge is -2.32. The Balaban J connectivity index is 2.58. The third-order valence-corrected chi connectivity index (χ3v) is 6.47. The van der Waals surface area contributed by atoms with Gasteiger partial charge in [0, 0.05) is 11.6 Å². The second-order valence-corrected chi connectivity index (χ2v) is 7.80. The van der Waals surface area contributed by atoms with Crippen LogP contribution in [0.5, 0.6) is 0 Å². The number of hydrogen-bond acceptors (Lipinski definition) is 5. The third kappa shape index (κ3) is 3.40. The van der Waals surface area contributed by atoms with Crippen LogP contribution < -0.4 is 0 Å². The number of methoxy groups -OCH3 is 1. The predicted octanol–water partition coefficient (Wildman–Crippen LogP) is 2.06. The maximum absolute atomic E-state index is 13.0. The number of carbonyl (C=O) groups is 2. The van der Waals surface area contributed by atoms with Crippen LogP contribution in [0.4, 0.5) is 0 Å². The van der Waals surface area contributed by atoms with Gasteiger partial charge < -0.3 is 9.84 Å². The number of piperidine rings is 1. The van der Waals surface area contributed by atoms with E-state index in [1.54, 1.807) is 0 Å². The fourth-order valence-corrected chi connectivity index (χ4v) is 4.92. The van der Waals surface area contributed by atoms with Crippen LogP contribution in [0, 0.1) is 6.92 Å². The number of rotatable bonds is 4. The van der Waals surface area contributed by atoms with Crippen molar-refractivity contribution in [2.24, 2.45) is 0 Å². The van der Waals surface area contributed by atoms with E-state index >= 15 is 0 Å². The number of carbonyl (C=O) groups excluding carboxylic acids is 1. The van der Waals surface area contributed by atoms with E-state index in [1.807, 2.05) is 0 Å². The summed E-state index contributed by atoms with van der Waals surface area (Å²) < 4.78 is 31.6. The maximum Gasteiger partial charge on any atom is 0.337 e. The standard InChI is InChI=1S/C15H18ClNO6S/c1-9-11(16)7-10(15(20)23-2)8-13(9)24(21,22)17-6-4-3-5-12(17)14(18)19/h7-8,12H,3-6H2,1-2H3,(H,18,19). The number of halogens is 1. The Kier molecular flexibility index (Phi) is 5.52. The van der Waals surface area contributed by atoms with Crippen molar-refractivity contribution in [3.8, 4) is 0 Å². The van der Waals surface area contributed by atoms with Gasteiger partial charge in [0.1, 0.15) is 6.04 Å². The number of carboxylic acid groups (broad SMARTS) is 1. The molecule has 1 fully saturated rings. The van der Waals surface area contributed by atoms with Gasteiger partial charge in [-0.25, -0.2) is 13.2 Å². The van der Waals surface area contributed by atoms with Crippen molar-refractivity contribution in [1.29, 1.82) is 0 Å². The summed E-state index contributed by atoms with van der Waals surface area (Å²) in [4.78, 5) is 23.0. The summed E-state index contributed by atoms with van der Waals surface area (Å²) in [7, 11) is -2.94. The molecule has 1 heterocycles. The van der Waals surface area contributed by atoms with Gasteiger partial charge in [-0.15, -0.1) is 0 Å². The lowest BCUT2D eigenvalue weighted by Crippen LogP contribution is -2.48. The largest absolute Gasteiger partial charge is 0.480 e. The number of sulfonamides is 1. The molecule has 7 nitrogen and oxygen atoms in total. The summed E-state index contributed by atoms with van der Waals surface area (Å²) >= 11 is 6.06. The Labute approximate surface area is 145 Å². The Morgan fingerprint density at radius 3 is 2.58 bits per heavy atom. The van der Waals surface area contributed by atoms with Gasteiger partial charge in [0.25, 0.3) is 0 Å². The SMILES string of the molecule is COC(=O)c1cc(Cl)c(C)c(S(=O)(=O)N2CCCCC2C(=O)O)c1. The Hall–Kier alpha value is -1.64. The smallest absolute Gasteiger partial charge is 0.337 e. The number of nitrogens with zero attached hydrogens (tertiary/aromatic N) is 1. The fraction of sp³-hybridized carbons (Fsp3) is 0.467. The molecule has 0 saturated carbocycles. The quantitative estimate of drug-likeness (QED) is 0.808. The lowest BCUT2D eigenvalue weighted by molar-refractivity contribution is -0.142. The van der Waals surface area contributed by atoms with Crippen molar-refractivity contribution in [2.45, 2.75) is 37.1 Å². The molecule has 132 valence electrons. The minimum atomic E-state index is -4.11. The van der Waals surface area contributed by atoms with Gasteiger partial charge in [-0.1, -0.05) is 11.6 Å². The van der Waals surface area contributed by atoms with E-state index in [0.717, 1.165) is 4.31 Å². The average Bonchev–Trinajstić information content (AvgIpc) is 2.56. The monoisotopic (exact) mass is 375 g/mol. The summed E-state index contributed by atoms with van der Waals surface area (Å²) in [6, 6.07) is 1.38. The fourth-order valence-electron chi connectivity index (χ4n) is 2.72. The number of ether oxygens (including phenoxy) is 1. The molecule has 1 aromatic rings. The number of esters is 1. The zero-order valence-corrected chi connectivity index (χ0v) is 14.9. The molecule has 1 N–H and O–H groups in total.